The maximum Gasteiger partial charge on any atom is 0.191 e. The number of nitrogens with zero attached hydrogens (tertiary/aromatic N) is 2. The van der Waals surface area contributed by atoms with Gasteiger partial charge in [-0.05, 0) is 43.2 Å². The van der Waals surface area contributed by atoms with Crippen LogP contribution in [0.1, 0.15) is 18.9 Å². The van der Waals surface area contributed by atoms with E-state index in [-0.39, 0.29) is 17.5 Å². The first-order valence-corrected chi connectivity index (χ1v) is 9.08. The van der Waals surface area contributed by atoms with Gasteiger partial charge in [-0.2, -0.15) is 0 Å². The molecule has 27 heavy (non-hydrogen) atoms. The molecule has 144 valence electrons. The summed E-state index contributed by atoms with van der Waals surface area (Å²) in [7, 11) is 0. The van der Waals surface area contributed by atoms with Gasteiger partial charge >= 0.3 is 0 Å². The van der Waals surface area contributed by atoms with Gasteiger partial charge in [-0.1, -0.05) is 18.2 Å². The number of phenolic OH excluding ortho intramolecular Hbond substituents is 1. The quantitative estimate of drug-likeness (QED) is 0.556. The van der Waals surface area contributed by atoms with Gasteiger partial charge in [0.1, 0.15) is 23.1 Å². The number of hydrogen-bond acceptors (Lipinski definition) is 3. The third kappa shape index (κ3) is 4.87. The number of phenols is 1. The van der Waals surface area contributed by atoms with E-state index >= 15 is 0 Å². The van der Waals surface area contributed by atoms with Crippen molar-refractivity contribution >= 4 is 11.6 Å². The fourth-order valence-electron chi connectivity index (χ4n) is 3.16. The normalized spacial score (nSPS) is 17.2. The molecule has 0 amide bonds. The van der Waals surface area contributed by atoms with Crippen LogP contribution < -0.4 is 15.5 Å². The zero-order valence-corrected chi connectivity index (χ0v) is 15.3. The summed E-state index contributed by atoms with van der Waals surface area (Å²) in [5, 5.41) is 15.9. The van der Waals surface area contributed by atoms with E-state index in [4.69, 9.17) is 0 Å². The van der Waals surface area contributed by atoms with Gasteiger partial charge in [0.15, 0.2) is 5.96 Å². The zero-order chi connectivity index (χ0) is 19.2. The molecular formula is C20H24F2N4O. The standard InChI is InChI=1S/C20H24F2N4O/c1-2-23-20(24-12-14-6-8-16(27)9-7-14)25-15-10-11-26(13-15)19-17(21)4-3-5-18(19)22/h3-9,15,27H,2,10-13H2,1H3,(H2,23,24,25). The van der Waals surface area contributed by atoms with Crippen molar-refractivity contribution in [2.75, 3.05) is 24.5 Å². The number of guanidine groups is 1. The molecule has 0 spiro atoms. The lowest BCUT2D eigenvalue weighted by atomic mass is 10.2. The minimum absolute atomic E-state index is 0.0350. The van der Waals surface area contributed by atoms with E-state index in [1.165, 1.54) is 18.2 Å². The maximum absolute atomic E-state index is 14.0. The van der Waals surface area contributed by atoms with Gasteiger partial charge in [-0.3, -0.25) is 0 Å². The summed E-state index contributed by atoms with van der Waals surface area (Å²) >= 11 is 0. The Labute approximate surface area is 157 Å². The Morgan fingerprint density at radius 3 is 2.56 bits per heavy atom. The Kier molecular flexibility index (Phi) is 6.11. The fourth-order valence-corrected chi connectivity index (χ4v) is 3.16. The molecule has 2 aromatic rings. The molecule has 1 aliphatic rings. The Morgan fingerprint density at radius 2 is 1.89 bits per heavy atom. The van der Waals surface area contributed by atoms with E-state index in [0.29, 0.717) is 32.1 Å². The molecule has 1 atom stereocenters. The van der Waals surface area contributed by atoms with Crippen molar-refractivity contribution < 1.29 is 13.9 Å². The lowest BCUT2D eigenvalue weighted by Gasteiger charge is -2.21. The molecule has 1 aliphatic heterocycles. The van der Waals surface area contributed by atoms with Crippen molar-refractivity contribution in [1.82, 2.24) is 10.6 Å². The molecule has 1 saturated heterocycles. The van der Waals surface area contributed by atoms with E-state index in [0.717, 1.165) is 12.0 Å². The Hall–Kier alpha value is -2.83. The number of benzene rings is 2. The average Bonchev–Trinajstić information content (AvgIpc) is 3.09. The van der Waals surface area contributed by atoms with Crippen LogP contribution in [0.5, 0.6) is 5.75 Å². The Bertz CT molecular complexity index is 775. The summed E-state index contributed by atoms with van der Waals surface area (Å²) in [6, 6.07) is 10.9. The fraction of sp³-hybridized carbons (Fsp3) is 0.350. The molecule has 1 unspecified atom stereocenters. The molecule has 7 heteroatoms. The van der Waals surface area contributed by atoms with Gasteiger partial charge in [-0.25, -0.2) is 13.8 Å². The SMILES string of the molecule is CCNC(=NCc1ccc(O)cc1)NC1CCN(c2c(F)cccc2F)C1. The number of nitrogens with one attached hydrogen (secondary N) is 2. The monoisotopic (exact) mass is 374 g/mol. The second-order valence-electron chi connectivity index (χ2n) is 6.51. The molecule has 3 N–H and O–H groups in total. The first kappa shape index (κ1) is 18.9. The van der Waals surface area contributed by atoms with Crippen LogP contribution in [0.2, 0.25) is 0 Å². The molecule has 5 nitrogen and oxygen atoms in total. The van der Waals surface area contributed by atoms with Crippen LogP contribution in [0.25, 0.3) is 0 Å². The molecule has 2 aromatic carbocycles. The highest BCUT2D eigenvalue weighted by Gasteiger charge is 2.27. The van der Waals surface area contributed by atoms with Crippen LogP contribution >= 0.6 is 0 Å². The van der Waals surface area contributed by atoms with Crippen molar-refractivity contribution in [2.45, 2.75) is 25.9 Å². The largest absolute Gasteiger partial charge is 0.508 e. The molecule has 0 saturated carbocycles. The molecule has 0 aromatic heterocycles. The molecular weight excluding hydrogens is 350 g/mol. The van der Waals surface area contributed by atoms with Gasteiger partial charge in [0.25, 0.3) is 0 Å². The lowest BCUT2D eigenvalue weighted by molar-refractivity contribution is 0.475. The lowest BCUT2D eigenvalue weighted by Crippen LogP contribution is -2.44. The number of aliphatic imine (C=N–C) groups is 1. The minimum Gasteiger partial charge on any atom is -0.508 e. The van der Waals surface area contributed by atoms with Crippen molar-refractivity contribution in [3.05, 3.63) is 59.7 Å². The highest BCUT2D eigenvalue weighted by molar-refractivity contribution is 5.80. The average molecular weight is 374 g/mol. The van der Waals surface area contributed by atoms with Crippen LogP contribution in [0.4, 0.5) is 14.5 Å². The van der Waals surface area contributed by atoms with E-state index in [1.54, 1.807) is 17.0 Å². The number of para-hydroxylation sites is 1. The number of anilines is 1. The number of hydrogen-bond donors (Lipinski definition) is 3. The summed E-state index contributed by atoms with van der Waals surface area (Å²) in [6.07, 6.45) is 0.761. The summed E-state index contributed by atoms with van der Waals surface area (Å²) < 4.78 is 28.0. The highest BCUT2D eigenvalue weighted by atomic mass is 19.1. The number of halogens is 2. The first-order valence-electron chi connectivity index (χ1n) is 9.08. The predicted octanol–water partition coefficient (Wildman–Crippen LogP) is 3.00. The van der Waals surface area contributed by atoms with Gasteiger partial charge in [-0.15, -0.1) is 0 Å². The summed E-state index contributed by atoms with van der Waals surface area (Å²) in [6.45, 7) is 4.23. The van der Waals surface area contributed by atoms with Gasteiger partial charge < -0.3 is 20.6 Å². The predicted molar refractivity (Wildman–Crippen MR) is 103 cm³/mol. The summed E-state index contributed by atoms with van der Waals surface area (Å²) in [4.78, 5) is 6.28. The van der Waals surface area contributed by atoms with Gasteiger partial charge in [0.05, 0.1) is 6.54 Å². The second-order valence-corrected chi connectivity index (χ2v) is 6.51. The third-order valence-corrected chi connectivity index (χ3v) is 4.48. The van der Waals surface area contributed by atoms with Crippen molar-refractivity contribution in [3.63, 3.8) is 0 Å². The molecule has 1 fully saturated rings. The highest BCUT2D eigenvalue weighted by Crippen LogP contribution is 2.26. The van der Waals surface area contributed by atoms with Crippen molar-refractivity contribution in [3.8, 4) is 5.75 Å². The molecule has 0 bridgehead atoms. The first-order chi connectivity index (χ1) is 13.1. The topological polar surface area (TPSA) is 59.9 Å². The van der Waals surface area contributed by atoms with E-state index < -0.39 is 11.6 Å². The third-order valence-electron chi connectivity index (χ3n) is 4.48. The van der Waals surface area contributed by atoms with Crippen LogP contribution in [0.15, 0.2) is 47.5 Å². The van der Waals surface area contributed by atoms with E-state index in [2.05, 4.69) is 15.6 Å². The van der Waals surface area contributed by atoms with Crippen LogP contribution in [-0.2, 0) is 6.54 Å². The zero-order valence-electron chi connectivity index (χ0n) is 15.3. The smallest absolute Gasteiger partial charge is 0.191 e. The molecule has 0 aliphatic carbocycles. The van der Waals surface area contributed by atoms with Gasteiger partial charge in [0.2, 0.25) is 0 Å². The van der Waals surface area contributed by atoms with Crippen LogP contribution in [-0.4, -0.2) is 36.7 Å². The van der Waals surface area contributed by atoms with Crippen molar-refractivity contribution in [2.24, 2.45) is 4.99 Å². The van der Waals surface area contributed by atoms with E-state index in [1.807, 2.05) is 19.1 Å². The minimum atomic E-state index is -0.538. The number of aromatic hydroxyl groups is 1. The van der Waals surface area contributed by atoms with E-state index in [9.17, 15) is 13.9 Å². The molecule has 0 radical (unpaired) electrons. The molecule has 3 rings (SSSR count). The molecule has 1 heterocycles. The Balaban J connectivity index is 1.63. The number of rotatable bonds is 5. The summed E-state index contributed by atoms with van der Waals surface area (Å²) in [5.41, 5.74) is 1.01. The Morgan fingerprint density at radius 1 is 1.19 bits per heavy atom. The van der Waals surface area contributed by atoms with Crippen LogP contribution in [0, 0.1) is 11.6 Å². The summed E-state index contributed by atoms with van der Waals surface area (Å²) in [5.74, 6) is -0.197. The van der Waals surface area contributed by atoms with Crippen LogP contribution in [0.3, 0.4) is 0 Å². The van der Waals surface area contributed by atoms with Crippen molar-refractivity contribution in [1.29, 1.82) is 0 Å². The van der Waals surface area contributed by atoms with Gasteiger partial charge in [0, 0.05) is 25.7 Å². The second kappa shape index (κ2) is 8.70. The maximum atomic E-state index is 14.0.